The molecule has 2 aliphatic carbocycles. The third kappa shape index (κ3) is 8.71. The molecule has 1 saturated heterocycles. The van der Waals surface area contributed by atoms with Crippen LogP contribution in [-0.2, 0) is 14.3 Å². The molecule has 2 heterocycles. The average molecular weight is 735 g/mol. The lowest BCUT2D eigenvalue weighted by Gasteiger charge is -2.58. The van der Waals surface area contributed by atoms with Crippen molar-refractivity contribution in [3.8, 4) is 11.5 Å². The van der Waals surface area contributed by atoms with Crippen LogP contribution in [0.2, 0.25) is 0 Å². The smallest absolute Gasteiger partial charge is 0.412 e. The number of fused-ring (bicyclic) bond motifs is 2. The number of aliphatic hydroxyl groups is 2. The van der Waals surface area contributed by atoms with Crippen molar-refractivity contribution >= 4 is 23.6 Å². The van der Waals surface area contributed by atoms with Gasteiger partial charge in [-0.05, 0) is 93.2 Å². The van der Waals surface area contributed by atoms with E-state index >= 15 is 0 Å². The number of oxime groups is 1. The fraction of sp³-hybridized carbons (Fsp3) is 0.561. The molecular weight excluding hydrogens is 681 g/mol. The van der Waals surface area contributed by atoms with Crippen molar-refractivity contribution in [3.05, 3.63) is 78.4 Å². The molecule has 2 aromatic rings. The van der Waals surface area contributed by atoms with Gasteiger partial charge in [-0.15, -0.1) is 18.3 Å². The van der Waals surface area contributed by atoms with Crippen molar-refractivity contribution in [1.82, 2.24) is 5.32 Å². The van der Waals surface area contributed by atoms with Gasteiger partial charge in [0.15, 0.2) is 0 Å². The molecule has 7 atom stereocenters. The summed E-state index contributed by atoms with van der Waals surface area (Å²) < 4.78 is 25.9. The summed E-state index contributed by atoms with van der Waals surface area (Å²) in [4.78, 5) is 19.9. The van der Waals surface area contributed by atoms with E-state index in [1.807, 2.05) is 37.3 Å². The number of nitrogens with zero attached hydrogens (tertiary/aromatic N) is 1. The van der Waals surface area contributed by atoms with E-state index in [0.29, 0.717) is 43.9 Å². The Morgan fingerprint density at radius 1 is 1.10 bits per heavy atom. The molecule has 1 amide bonds. The predicted octanol–water partition coefficient (Wildman–Crippen LogP) is 7.75. The summed E-state index contributed by atoms with van der Waals surface area (Å²) >= 11 is 1.72. The number of carbonyl (C=O) groups excluding carboxylic acids is 1. The standard InChI is InChI=1S/C41H54N2O8S/c1-3-23-48-41-36(52-30-15-6-5-7-16-30)27-34(43-51-37-18-10-13-24-47-37)32-25-28(14-8-11-21-44)31(17-9-12-22-45)38(39(32)41)33-26-29(19-20-35(33)50-41)49-40(46)42-4-2/h3,5-7,15-16,19-20,25-26,28,31,36-39,44-45H,1,4,8-14,17-18,21-24,27H2,2H3,(H,42,46). The minimum Gasteiger partial charge on any atom is -0.460 e. The number of nitrogens with one attached hydrogen (secondary N) is 1. The van der Waals surface area contributed by atoms with E-state index in [2.05, 4.69) is 30.1 Å². The first-order valence-corrected chi connectivity index (χ1v) is 19.9. The van der Waals surface area contributed by atoms with Gasteiger partial charge in [-0.2, -0.15) is 0 Å². The van der Waals surface area contributed by atoms with Crippen molar-refractivity contribution in [3.63, 3.8) is 0 Å². The summed E-state index contributed by atoms with van der Waals surface area (Å²) in [7, 11) is 0. The molecule has 2 aromatic carbocycles. The van der Waals surface area contributed by atoms with Crippen molar-refractivity contribution in [2.24, 2.45) is 22.9 Å². The molecule has 4 aliphatic rings. The molecule has 7 unspecified atom stereocenters. The van der Waals surface area contributed by atoms with Gasteiger partial charge >= 0.3 is 6.09 Å². The van der Waals surface area contributed by atoms with Gasteiger partial charge in [0.1, 0.15) is 11.5 Å². The Labute approximate surface area is 312 Å². The molecule has 0 radical (unpaired) electrons. The second-order valence-electron chi connectivity index (χ2n) is 14.0. The Balaban J connectivity index is 1.54. The van der Waals surface area contributed by atoms with E-state index in [1.54, 1.807) is 23.9 Å². The minimum absolute atomic E-state index is 0.112. The maximum atomic E-state index is 12.6. The molecule has 0 bridgehead atoms. The lowest BCUT2D eigenvalue weighted by atomic mass is 9.56. The predicted molar refractivity (Wildman–Crippen MR) is 202 cm³/mol. The first kappa shape index (κ1) is 38.4. The van der Waals surface area contributed by atoms with Gasteiger partial charge in [0.05, 0.1) is 30.1 Å². The largest absolute Gasteiger partial charge is 0.460 e. The van der Waals surface area contributed by atoms with Crippen LogP contribution in [-0.4, -0.2) is 72.3 Å². The molecule has 3 N–H and O–H groups in total. The lowest BCUT2D eigenvalue weighted by Crippen LogP contribution is -2.64. The van der Waals surface area contributed by atoms with E-state index < -0.39 is 18.2 Å². The van der Waals surface area contributed by atoms with Crippen molar-refractivity contribution in [2.75, 3.05) is 33.0 Å². The zero-order valence-electron chi connectivity index (χ0n) is 30.3. The van der Waals surface area contributed by atoms with Gasteiger partial charge in [0.2, 0.25) is 12.1 Å². The van der Waals surface area contributed by atoms with Gasteiger partial charge in [-0.1, -0.05) is 48.3 Å². The number of amides is 1. The van der Waals surface area contributed by atoms with Crippen LogP contribution in [0.15, 0.2) is 82.9 Å². The molecule has 11 heteroatoms. The van der Waals surface area contributed by atoms with Crippen LogP contribution in [0.25, 0.3) is 0 Å². The summed E-state index contributed by atoms with van der Waals surface area (Å²) in [6.45, 7) is 7.52. The zero-order valence-corrected chi connectivity index (χ0v) is 31.1. The Hall–Kier alpha value is -3.35. The second-order valence-corrected chi connectivity index (χ2v) is 15.3. The number of rotatable bonds is 17. The Bertz CT molecular complexity index is 1550. The highest BCUT2D eigenvalue weighted by Gasteiger charge is 2.64. The normalized spacial score (nSPS) is 28.5. The SMILES string of the molecule is C=CCOC12Oc3ccc(OC(=O)NCC)cc3C3C(CCCCO)C(CCCCO)C=C(C(=NOC4CCCCO4)CC1Sc1ccccc1)C32. The molecule has 2 fully saturated rings. The molecule has 0 spiro atoms. The van der Waals surface area contributed by atoms with Gasteiger partial charge in [0, 0.05) is 49.0 Å². The van der Waals surface area contributed by atoms with E-state index in [9.17, 15) is 15.0 Å². The zero-order chi connectivity index (χ0) is 36.3. The first-order valence-electron chi connectivity index (χ1n) is 19.0. The Morgan fingerprint density at radius 2 is 1.90 bits per heavy atom. The summed E-state index contributed by atoms with van der Waals surface area (Å²) in [5.74, 6) is -0.0953. The van der Waals surface area contributed by atoms with Crippen LogP contribution >= 0.6 is 11.8 Å². The van der Waals surface area contributed by atoms with Gasteiger partial charge in [-0.25, -0.2) is 4.79 Å². The highest BCUT2D eigenvalue weighted by atomic mass is 32.2. The number of benzene rings is 2. The highest BCUT2D eigenvalue weighted by molar-refractivity contribution is 8.00. The van der Waals surface area contributed by atoms with Crippen LogP contribution in [0.4, 0.5) is 4.79 Å². The number of ether oxygens (including phenoxy) is 4. The molecule has 282 valence electrons. The van der Waals surface area contributed by atoms with Crippen molar-refractivity contribution in [1.29, 1.82) is 0 Å². The lowest BCUT2D eigenvalue weighted by molar-refractivity contribution is -0.223. The van der Waals surface area contributed by atoms with E-state index in [4.69, 9.17) is 28.9 Å². The van der Waals surface area contributed by atoms with Gasteiger partial charge in [-0.3, -0.25) is 0 Å². The van der Waals surface area contributed by atoms with Crippen LogP contribution < -0.4 is 14.8 Å². The number of carbonyl (C=O) groups is 1. The van der Waals surface area contributed by atoms with Crippen LogP contribution in [0, 0.1) is 17.8 Å². The molecule has 10 nitrogen and oxygen atoms in total. The molecule has 52 heavy (non-hydrogen) atoms. The Morgan fingerprint density at radius 3 is 2.63 bits per heavy atom. The summed E-state index contributed by atoms with van der Waals surface area (Å²) in [5, 5.41) is 27.0. The first-order chi connectivity index (χ1) is 25.5. The number of hydrogen-bond acceptors (Lipinski definition) is 10. The maximum Gasteiger partial charge on any atom is 0.412 e. The summed E-state index contributed by atoms with van der Waals surface area (Å²) in [6.07, 6.45) is 11.5. The highest BCUT2D eigenvalue weighted by Crippen LogP contribution is 2.63. The quantitative estimate of drug-likeness (QED) is 0.0850. The molecule has 2 aliphatic heterocycles. The Kier molecular flexibility index (Phi) is 13.7. The fourth-order valence-electron chi connectivity index (χ4n) is 8.36. The average Bonchev–Trinajstić information content (AvgIpc) is 3.16. The summed E-state index contributed by atoms with van der Waals surface area (Å²) in [6, 6.07) is 15.9. The van der Waals surface area contributed by atoms with Crippen molar-refractivity contribution < 1.29 is 38.8 Å². The monoisotopic (exact) mass is 734 g/mol. The van der Waals surface area contributed by atoms with Crippen LogP contribution in [0.1, 0.15) is 82.6 Å². The number of allylic oxidation sites excluding steroid dienone is 1. The van der Waals surface area contributed by atoms with Crippen LogP contribution in [0.5, 0.6) is 11.5 Å². The van der Waals surface area contributed by atoms with Crippen molar-refractivity contribution in [2.45, 2.75) is 99.3 Å². The van der Waals surface area contributed by atoms with Gasteiger partial charge < -0.3 is 39.3 Å². The number of thioether (sulfide) groups is 1. The molecule has 0 aromatic heterocycles. The van der Waals surface area contributed by atoms with E-state index in [-0.39, 0.29) is 48.7 Å². The second kappa shape index (κ2) is 18.6. The number of unbranched alkanes of at least 4 members (excludes halogenated alkanes) is 2. The molecular formula is C41H54N2O8S. The van der Waals surface area contributed by atoms with Crippen LogP contribution in [0.3, 0.4) is 0 Å². The number of hydrogen-bond donors (Lipinski definition) is 3. The van der Waals surface area contributed by atoms with E-state index in [0.717, 1.165) is 66.7 Å². The fourth-order valence-corrected chi connectivity index (χ4v) is 9.67. The number of aliphatic hydroxyl groups excluding tert-OH is 2. The van der Waals surface area contributed by atoms with E-state index in [1.165, 1.54) is 0 Å². The third-order valence-corrected chi connectivity index (χ3v) is 11.9. The topological polar surface area (TPSA) is 128 Å². The molecule has 6 rings (SSSR count). The maximum absolute atomic E-state index is 12.6. The third-order valence-electron chi connectivity index (χ3n) is 10.6. The summed E-state index contributed by atoms with van der Waals surface area (Å²) in [5.41, 5.74) is 2.86. The van der Waals surface area contributed by atoms with Gasteiger partial charge in [0.25, 0.3) is 0 Å². The molecule has 1 saturated carbocycles. The minimum atomic E-state index is -1.11.